The van der Waals surface area contributed by atoms with Crippen LogP contribution < -0.4 is 4.57 Å². The summed E-state index contributed by atoms with van der Waals surface area (Å²) in [6, 6.07) is 0. The van der Waals surface area contributed by atoms with Crippen LogP contribution in [0.25, 0.3) is 10.4 Å². The number of allylic oxidation sites excluding steroid dienone is 4. The number of thioether (sulfide) groups is 1. The maximum absolute atomic E-state index is 2.61. The third-order valence-corrected chi connectivity index (χ3v) is 8.40. The Morgan fingerprint density at radius 2 is 1.65 bits per heavy atom. The number of rotatable bonds is 0. The minimum Gasteiger partial charge on any atom is -0.217 e. The van der Waals surface area contributed by atoms with E-state index >= 15 is 0 Å². The summed E-state index contributed by atoms with van der Waals surface area (Å²) in [6.45, 7) is 16.2. The van der Waals surface area contributed by atoms with Crippen molar-refractivity contribution in [3.63, 3.8) is 0 Å². The molecule has 2 aromatic heterocycles. The van der Waals surface area contributed by atoms with Crippen LogP contribution in [-0.4, -0.2) is 9.65 Å². The molecule has 26 heavy (non-hydrogen) atoms. The number of aromatic nitrogens is 2. The van der Waals surface area contributed by atoms with Gasteiger partial charge in [-0.3, -0.25) is 0 Å². The second kappa shape index (κ2) is 4.95. The lowest BCUT2D eigenvalue weighted by Crippen LogP contribution is -2.54. The Bertz CT molecular complexity index is 1090. The van der Waals surface area contributed by atoms with Crippen LogP contribution in [0.1, 0.15) is 47.8 Å². The van der Waals surface area contributed by atoms with Gasteiger partial charge in [-0.2, -0.15) is 4.40 Å². The highest BCUT2D eigenvalue weighted by molar-refractivity contribution is 8.09. The molecule has 3 aliphatic rings. The summed E-state index contributed by atoms with van der Waals surface area (Å²) >= 11 is 2.07. The fraction of sp³-hybridized carbons (Fsp3) is 0.435. The number of fused-ring (bicyclic) bond motifs is 6. The maximum atomic E-state index is 2.61. The van der Waals surface area contributed by atoms with Gasteiger partial charge in [-0.15, -0.1) is 11.8 Å². The molecular weight excluding hydrogens is 336 g/mol. The third kappa shape index (κ3) is 1.69. The zero-order chi connectivity index (χ0) is 18.5. The van der Waals surface area contributed by atoms with Gasteiger partial charge < -0.3 is 0 Å². The molecule has 2 atom stereocenters. The Hall–Kier alpha value is -1.74. The smallest absolute Gasteiger partial charge is 0.217 e. The molecule has 2 nitrogen and oxygen atoms in total. The highest BCUT2D eigenvalue weighted by Gasteiger charge is 2.54. The van der Waals surface area contributed by atoms with E-state index in [2.05, 4.69) is 93.5 Å². The molecule has 0 spiro atoms. The van der Waals surface area contributed by atoms with Crippen molar-refractivity contribution in [1.82, 2.24) is 4.40 Å². The first-order chi connectivity index (χ1) is 12.3. The number of imidazole rings is 1. The number of hydrogen-bond donors (Lipinski definition) is 0. The van der Waals surface area contributed by atoms with Crippen LogP contribution in [0.3, 0.4) is 0 Å². The zero-order valence-electron chi connectivity index (χ0n) is 16.8. The molecule has 2 unspecified atom stereocenters. The fourth-order valence-electron chi connectivity index (χ4n) is 5.48. The Balaban J connectivity index is 1.93. The average Bonchev–Trinajstić information content (AvgIpc) is 3.20. The molecule has 0 radical (unpaired) electrons. The van der Waals surface area contributed by atoms with E-state index in [-0.39, 0.29) is 5.54 Å². The molecule has 0 saturated carbocycles. The predicted molar refractivity (Wildman–Crippen MR) is 111 cm³/mol. The fourth-order valence-corrected chi connectivity index (χ4v) is 7.11. The molecule has 2 aromatic rings. The van der Waals surface area contributed by atoms with E-state index in [1.807, 2.05) is 0 Å². The molecule has 2 aliphatic heterocycles. The van der Waals surface area contributed by atoms with Crippen LogP contribution in [0.4, 0.5) is 0 Å². The lowest BCUT2D eigenvalue weighted by molar-refractivity contribution is -0.749. The molecule has 0 N–H and O–H groups in total. The summed E-state index contributed by atoms with van der Waals surface area (Å²) in [5, 5.41) is 0.557. The summed E-state index contributed by atoms with van der Waals surface area (Å²) in [4.78, 5) is 1.53. The van der Waals surface area contributed by atoms with Crippen molar-refractivity contribution in [3.8, 4) is 0 Å². The van der Waals surface area contributed by atoms with Crippen LogP contribution in [-0.2, 0) is 5.54 Å². The van der Waals surface area contributed by atoms with Gasteiger partial charge in [-0.05, 0) is 52.7 Å². The van der Waals surface area contributed by atoms with E-state index in [1.54, 1.807) is 5.57 Å². The second-order valence-corrected chi connectivity index (χ2v) is 9.74. The number of hydrogen-bond acceptors (Lipinski definition) is 1. The molecule has 0 amide bonds. The van der Waals surface area contributed by atoms with Crippen molar-refractivity contribution < 1.29 is 4.57 Å². The number of aryl methyl sites for hydroxylation is 3. The average molecular weight is 364 g/mol. The van der Waals surface area contributed by atoms with Gasteiger partial charge in [0.2, 0.25) is 0 Å². The van der Waals surface area contributed by atoms with Gasteiger partial charge in [0.1, 0.15) is 11.2 Å². The van der Waals surface area contributed by atoms with E-state index in [1.165, 1.54) is 44.3 Å². The molecule has 5 rings (SSSR count). The van der Waals surface area contributed by atoms with Gasteiger partial charge in [0.05, 0.1) is 4.91 Å². The maximum Gasteiger partial charge on any atom is 0.259 e. The van der Waals surface area contributed by atoms with E-state index in [0.717, 1.165) is 0 Å². The highest BCUT2D eigenvalue weighted by atomic mass is 32.2. The van der Waals surface area contributed by atoms with Crippen LogP contribution >= 0.6 is 11.8 Å². The molecule has 0 saturated heterocycles. The van der Waals surface area contributed by atoms with E-state index < -0.39 is 0 Å². The SMILES string of the molecule is Cc1c(C)c(C)n2c(C)[n+]3c(c2c1C)C1=C(C2C=CC=CC2S1)C3(C)C. The lowest BCUT2D eigenvalue weighted by atomic mass is 9.82. The van der Waals surface area contributed by atoms with Crippen molar-refractivity contribution >= 4 is 22.2 Å². The van der Waals surface area contributed by atoms with Gasteiger partial charge in [-0.1, -0.05) is 24.3 Å². The monoisotopic (exact) mass is 363 g/mol. The molecule has 0 fully saturated rings. The van der Waals surface area contributed by atoms with Crippen molar-refractivity contribution in [1.29, 1.82) is 0 Å². The van der Waals surface area contributed by atoms with Crippen LogP contribution in [0.15, 0.2) is 29.9 Å². The first-order valence-corrected chi connectivity index (χ1v) is 10.4. The largest absolute Gasteiger partial charge is 0.259 e. The summed E-state index contributed by atoms with van der Waals surface area (Å²) in [5.41, 5.74) is 10.2. The normalized spacial score (nSPS) is 25.2. The Kier molecular flexibility index (Phi) is 3.13. The number of nitrogens with zero attached hydrogens (tertiary/aromatic N) is 2. The predicted octanol–water partition coefficient (Wildman–Crippen LogP) is 5.09. The van der Waals surface area contributed by atoms with Gasteiger partial charge in [0.25, 0.3) is 5.82 Å². The first kappa shape index (κ1) is 16.4. The summed E-state index contributed by atoms with van der Waals surface area (Å²) in [5.74, 6) is 1.88. The van der Waals surface area contributed by atoms with Crippen LogP contribution in [0.5, 0.6) is 0 Å². The molecule has 0 aromatic carbocycles. The summed E-state index contributed by atoms with van der Waals surface area (Å²) in [6.07, 6.45) is 9.23. The van der Waals surface area contributed by atoms with Crippen molar-refractivity contribution in [2.45, 2.75) is 59.3 Å². The van der Waals surface area contributed by atoms with Crippen molar-refractivity contribution in [3.05, 3.63) is 63.8 Å². The topological polar surface area (TPSA) is 8.29 Å². The number of pyridine rings is 1. The second-order valence-electron chi connectivity index (χ2n) is 8.56. The summed E-state index contributed by atoms with van der Waals surface area (Å²) < 4.78 is 5.12. The molecule has 3 heteroatoms. The van der Waals surface area contributed by atoms with Crippen LogP contribution in [0.2, 0.25) is 0 Å². The Morgan fingerprint density at radius 3 is 2.38 bits per heavy atom. The minimum absolute atomic E-state index is 0.0173. The van der Waals surface area contributed by atoms with Crippen molar-refractivity contribution in [2.75, 3.05) is 0 Å². The minimum atomic E-state index is 0.0173. The van der Waals surface area contributed by atoms with Gasteiger partial charge in [0.15, 0.2) is 11.2 Å². The van der Waals surface area contributed by atoms with E-state index in [4.69, 9.17) is 0 Å². The van der Waals surface area contributed by atoms with Crippen molar-refractivity contribution in [2.24, 2.45) is 5.92 Å². The summed E-state index contributed by atoms with van der Waals surface area (Å²) in [7, 11) is 0. The standard InChI is InChI=1S/C23H27N2S/c1-12-13(2)15(4)24-16(5)25-21(20(24)14(12)3)22-19(23(25,6)7)17-10-8-9-11-18(17)26-22/h8-11,17-18H,1-7H3/q+1. The molecule has 0 bridgehead atoms. The molecule has 1 aliphatic carbocycles. The quantitative estimate of drug-likeness (QED) is 0.592. The van der Waals surface area contributed by atoms with E-state index in [9.17, 15) is 0 Å². The van der Waals surface area contributed by atoms with Gasteiger partial charge >= 0.3 is 0 Å². The molecule has 4 heterocycles. The van der Waals surface area contributed by atoms with Gasteiger partial charge in [-0.25, -0.2) is 4.57 Å². The van der Waals surface area contributed by atoms with E-state index in [0.29, 0.717) is 11.2 Å². The third-order valence-electron chi connectivity index (χ3n) is 7.03. The molecule has 134 valence electrons. The molecular formula is C23H27N2S+. The Morgan fingerprint density at radius 1 is 0.962 bits per heavy atom. The lowest BCUT2D eigenvalue weighted by Gasteiger charge is -2.28. The van der Waals surface area contributed by atoms with Gasteiger partial charge in [0, 0.05) is 29.2 Å². The first-order valence-electron chi connectivity index (χ1n) is 9.57. The van der Waals surface area contributed by atoms with Crippen LogP contribution in [0, 0.1) is 40.5 Å². The highest BCUT2D eigenvalue weighted by Crippen LogP contribution is 2.57. The Labute approximate surface area is 160 Å². The zero-order valence-corrected chi connectivity index (χ0v) is 17.6.